The summed E-state index contributed by atoms with van der Waals surface area (Å²) < 4.78 is 80.8. The predicted octanol–water partition coefficient (Wildman–Crippen LogP) is 7.17. The lowest BCUT2D eigenvalue weighted by molar-refractivity contribution is -0.274. The molecule has 4 rings (SSSR count). The van der Waals surface area contributed by atoms with Gasteiger partial charge in [-0.2, -0.15) is 13.2 Å². The number of benzene rings is 3. The smallest absolute Gasteiger partial charge is 0.406 e. The average molecular weight is 491 g/mol. The number of carbonyl (C=O) groups excluding carboxylic acids is 1. The Labute approximate surface area is 197 Å². The van der Waals surface area contributed by atoms with Gasteiger partial charge in [0.25, 0.3) is 5.91 Å². The largest absolute Gasteiger partial charge is 0.573 e. The maximum atomic E-state index is 13.4. The molecular weight excluding hydrogens is 472 g/mol. The van der Waals surface area contributed by atoms with E-state index in [0.29, 0.717) is 22.4 Å². The highest BCUT2D eigenvalue weighted by Crippen LogP contribution is 2.38. The van der Waals surface area contributed by atoms with Gasteiger partial charge in [0.1, 0.15) is 5.75 Å². The molecule has 0 spiro atoms. The molecule has 0 radical (unpaired) electrons. The van der Waals surface area contributed by atoms with E-state index in [4.69, 9.17) is 0 Å². The third-order valence-electron chi connectivity index (χ3n) is 5.55. The SMILES string of the molecule is Cc1ccc(N2C(=O)C(Cc3ccc(C(F)(F)F)cc3)=CC2c2cccc(OC(F)(F)F)c2)cc1. The molecule has 0 aliphatic carbocycles. The molecule has 0 bridgehead atoms. The lowest BCUT2D eigenvalue weighted by Gasteiger charge is -2.26. The van der Waals surface area contributed by atoms with Gasteiger partial charge < -0.3 is 4.74 Å². The third-order valence-corrected chi connectivity index (χ3v) is 5.55. The van der Waals surface area contributed by atoms with Gasteiger partial charge in [-0.1, -0.05) is 42.0 Å². The average Bonchev–Trinajstić information content (AvgIpc) is 3.09. The van der Waals surface area contributed by atoms with Crippen molar-refractivity contribution in [3.8, 4) is 5.75 Å². The molecule has 3 aromatic carbocycles. The maximum absolute atomic E-state index is 13.4. The number of anilines is 1. The van der Waals surface area contributed by atoms with E-state index in [2.05, 4.69) is 4.74 Å². The van der Waals surface area contributed by atoms with Crippen LogP contribution in [0.25, 0.3) is 0 Å². The van der Waals surface area contributed by atoms with E-state index in [0.717, 1.165) is 23.8 Å². The van der Waals surface area contributed by atoms with Crippen molar-refractivity contribution in [1.29, 1.82) is 0 Å². The topological polar surface area (TPSA) is 29.5 Å². The van der Waals surface area contributed by atoms with Crippen molar-refractivity contribution in [2.24, 2.45) is 0 Å². The van der Waals surface area contributed by atoms with Crippen LogP contribution in [0.2, 0.25) is 0 Å². The van der Waals surface area contributed by atoms with Gasteiger partial charge in [0.15, 0.2) is 0 Å². The van der Waals surface area contributed by atoms with E-state index in [-0.39, 0.29) is 12.3 Å². The zero-order valence-electron chi connectivity index (χ0n) is 18.3. The molecule has 0 saturated heterocycles. The molecule has 0 aromatic heterocycles. The minimum absolute atomic E-state index is 0.0641. The van der Waals surface area contributed by atoms with Gasteiger partial charge in [0.2, 0.25) is 0 Å². The fourth-order valence-electron chi connectivity index (χ4n) is 3.91. The Kier molecular flexibility index (Phi) is 6.36. The van der Waals surface area contributed by atoms with Crippen molar-refractivity contribution in [3.63, 3.8) is 0 Å². The van der Waals surface area contributed by atoms with E-state index >= 15 is 0 Å². The zero-order valence-corrected chi connectivity index (χ0v) is 18.3. The molecule has 1 unspecified atom stereocenters. The summed E-state index contributed by atoms with van der Waals surface area (Å²) in [5.41, 5.74) is 1.90. The van der Waals surface area contributed by atoms with Gasteiger partial charge >= 0.3 is 12.5 Å². The second-order valence-corrected chi connectivity index (χ2v) is 8.14. The van der Waals surface area contributed by atoms with E-state index in [1.165, 1.54) is 29.2 Å². The van der Waals surface area contributed by atoms with Crippen LogP contribution in [0.5, 0.6) is 5.75 Å². The number of hydrogen-bond donors (Lipinski definition) is 0. The highest BCUT2D eigenvalue weighted by molar-refractivity contribution is 6.09. The lowest BCUT2D eigenvalue weighted by Crippen LogP contribution is -2.30. The van der Waals surface area contributed by atoms with Crippen LogP contribution < -0.4 is 9.64 Å². The summed E-state index contributed by atoms with van der Waals surface area (Å²) in [6.45, 7) is 1.87. The first kappa shape index (κ1) is 24.4. The van der Waals surface area contributed by atoms with E-state index < -0.39 is 29.9 Å². The monoisotopic (exact) mass is 491 g/mol. The zero-order chi connectivity index (χ0) is 25.4. The van der Waals surface area contributed by atoms with Crippen molar-refractivity contribution in [2.75, 3.05) is 4.90 Å². The molecule has 1 heterocycles. The molecule has 0 saturated carbocycles. The maximum Gasteiger partial charge on any atom is 0.573 e. The summed E-state index contributed by atoms with van der Waals surface area (Å²) in [6.07, 6.45) is -7.66. The second-order valence-electron chi connectivity index (χ2n) is 8.14. The number of halogens is 6. The van der Waals surface area contributed by atoms with Crippen LogP contribution in [0.4, 0.5) is 32.0 Å². The summed E-state index contributed by atoms with van der Waals surface area (Å²) in [6, 6.07) is 16.2. The summed E-state index contributed by atoms with van der Waals surface area (Å²) in [7, 11) is 0. The molecule has 35 heavy (non-hydrogen) atoms. The number of nitrogens with zero attached hydrogens (tertiary/aromatic N) is 1. The Morgan fingerprint density at radius 3 is 2.14 bits per heavy atom. The van der Waals surface area contributed by atoms with Crippen molar-refractivity contribution in [1.82, 2.24) is 0 Å². The Morgan fingerprint density at radius 2 is 1.54 bits per heavy atom. The number of rotatable bonds is 5. The van der Waals surface area contributed by atoms with E-state index in [1.807, 2.05) is 6.92 Å². The summed E-state index contributed by atoms with van der Waals surface area (Å²) in [4.78, 5) is 14.8. The van der Waals surface area contributed by atoms with Crippen molar-refractivity contribution < 1.29 is 35.9 Å². The first-order chi connectivity index (χ1) is 16.4. The molecule has 3 aromatic rings. The van der Waals surface area contributed by atoms with Gasteiger partial charge in [0, 0.05) is 17.7 Å². The number of carbonyl (C=O) groups is 1. The van der Waals surface area contributed by atoms with Crippen LogP contribution in [0.3, 0.4) is 0 Å². The minimum Gasteiger partial charge on any atom is -0.406 e. The molecule has 3 nitrogen and oxygen atoms in total. The minimum atomic E-state index is -4.87. The van der Waals surface area contributed by atoms with Gasteiger partial charge in [-0.25, -0.2) is 0 Å². The number of amides is 1. The van der Waals surface area contributed by atoms with Crippen LogP contribution >= 0.6 is 0 Å². The lowest BCUT2D eigenvalue weighted by atomic mass is 10.0. The first-order valence-electron chi connectivity index (χ1n) is 10.5. The molecule has 1 aliphatic rings. The van der Waals surface area contributed by atoms with Crippen LogP contribution in [0.1, 0.15) is 28.3 Å². The Balaban J connectivity index is 1.69. The summed E-state index contributed by atoms with van der Waals surface area (Å²) >= 11 is 0. The molecular formula is C26H19F6NO2. The predicted molar refractivity (Wildman–Crippen MR) is 118 cm³/mol. The quantitative estimate of drug-likeness (QED) is 0.354. The third kappa shape index (κ3) is 5.67. The molecule has 1 amide bonds. The van der Waals surface area contributed by atoms with Crippen molar-refractivity contribution in [3.05, 3.63) is 107 Å². The highest BCUT2D eigenvalue weighted by Gasteiger charge is 2.36. The van der Waals surface area contributed by atoms with Gasteiger partial charge in [-0.3, -0.25) is 9.69 Å². The molecule has 0 fully saturated rings. The Hall–Kier alpha value is -3.75. The number of aryl methyl sites for hydroxylation is 1. The molecule has 182 valence electrons. The Bertz CT molecular complexity index is 1240. The van der Waals surface area contributed by atoms with Crippen LogP contribution in [-0.4, -0.2) is 12.3 Å². The summed E-state index contributed by atoms with van der Waals surface area (Å²) in [5.74, 6) is -0.809. The molecule has 9 heteroatoms. The number of alkyl halides is 6. The van der Waals surface area contributed by atoms with Crippen molar-refractivity contribution in [2.45, 2.75) is 31.9 Å². The number of hydrogen-bond acceptors (Lipinski definition) is 2. The second kappa shape index (κ2) is 9.13. The molecule has 1 aliphatic heterocycles. The van der Waals surface area contributed by atoms with Gasteiger partial charge in [-0.15, -0.1) is 13.2 Å². The normalized spacial score (nSPS) is 16.4. The first-order valence-corrected chi connectivity index (χ1v) is 10.5. The van der Waals surface area contributed by atoms with E-state index in [1.54, 1.807) is 36.4 Å². The van der Waals surface area contributed by atoms with E-state index in [9.17, 15) is 31.1 Å². The molecule has 1 atom stereocenters. The van der Waals surface area contributed by atoms with Gasteiger partial charge in [-0.05, 0) is 60.5 Å². The van der Waals surface area contributed by atoms with Crippen LogP contribution in [0, 0.1) is 6.92 Å². The Morgan fingerprint density at radius 1 is 0.886 bits per heavy atom. The fourth-order valence-corrected chi connectivity index (χ4v) is 3.91. The standard InChI is InChI=1S/C26H19F6NO2/c1-16-5-11-21(12-6-16)33-23(18-3-2-4-22(14-18)35-26(30,31)32)15-19(24(33)34)13-17-7-9-20(10-8-17)25(27,28)29/h2-12,14-15,23H,13H2,1H3. The van der Waals surface area contributed by atoms with Crippen LogP contribution in [-0.2, 0) is 17.4 Å². The highest BCUT2D eigenvalue weighted by atomic mass is 19.4. The summed E-state index contributed by atoms with van der Waals surface area (Å²) in [5, 5.41) is 0. The number of ether oxygens (including phenoxy) is 1. The fraction of sp³-hybridized carbons (Fsp3) is 0.192. The van der Waals surface area contributed by atoms with Crippen LogP contribution in [0.15, 0.2) is 84.4 Å². The molecule has 0 N–H and O–H groups in total. The van der Waals surface area contributed by atoms with Crippen molar-refractivity contribution >= 4 is 11.6 Å². The van der Waals surface area contributed by atoms with Gasteiger partial charge in [0.05, 0.1) is 11.6 Å².